The number of amides is 2. The lowest BCUT2D eigenvalue weighted by atomic mass is 10.0. The van der Waals surface area contributed by atoms with Crippen molar-refractivity contribution in [1.82, 2.24) is 14.8 Å². The number of carbonyl (C=O) groups excluding carboxylic acids is 2. The fourth-order valence-corrected chi connectivity index (χ4v) is 3.27. The summed E-state index contributed by atoms with van der Waals surface area (Å²) in [5, 5.41) is 0. The fourth-order valence-electron chi connectivity index (χ4n) is 3.27. The molecule has 0 spiro atoms. The third kappa shape index (κ3) is 5.31. The van der Waals surface area contributed by atoms with Crippen molar-refractivity contribution in [2.45, 2.75) is 32.7 Å². The van der Waals surface area contributed by atoms with Crippen LogP contribution in [0, 0.1) is 0 Å². The van der Waals surface area contributed by atoms with Crippen molar-refractivity contribution >= 4 is 11.8 Å². The van der Waals surface area contributed by atoms with Crippen molar-refractivity contribution in [2.24, 2.45) is 0 Å². The third-order valence-electron chi connectivity index (χ3n) is 5.03. The molecule has 2 amide bonds. The molecule has 0 radical (unpaired) electrons. The summed E-state index contributed by atoms with van der Waals surface area (Å²) in [6, 6.07) is 11.8. The number of rotatable bonds is 6. The molecular weight excluding hydrogens is 354 g/mol. The molecule has 0 unspecified atom stereocenters. The van der Waals surface area contributed by atoms with Crippen LogP contribution in [-0.2, 0) is 29.0 Å². The molecule has 0 saturated heterocycles. The van der Waals surface area contributed by atoms with Gasteiger partial charge in [-0.3, -0.25) is 14.6 Å². The summed E-state index contributed by atoms with van der Waals surface area (Å²) < 4.78 is 5.75. The number of pyridine rings is 1. The molecule has 148 valence electrons. The summed E-state index contributed by atoms with van der Waals surface area (Å²) in [4.78, 5) is 32.0. The Bertz CT molecular complexity index is 823. The second-order valence-corrected chi connectivity index (χ2v) is 7.12. The van der Waals surface area contributed by atoms with Gasteiger partial charge in [-0.25, -0.2) is 0 Å². The number of ether oxygens (including phenoxy) is 1. The Balaban J connectivity index is 1.54. The molecule has 2 aromatic rings. The Kier molecular flexibility index (Phi) is 6.63. The highest BCUT2D eigenvalue weighted by Crippen LogP contribution is 2.25. The molecule has 1 aliphatic rings. The van der Waals surface area contributed by atoms with Gasteiger partial charge in [0.05, 0.1) is 6.54 Å². The van der Waals surface area contributed by atoms with Gasteiger partial charge in [0.2, 0.25) is 11.8 Å². The molecule has 6 heteroatoms. The zero-order chi connectivity index (χ0) is 19.9. The van der Waals surface area contributed by atoms with E-state index in [1.165, 1.54) is 0 Å². The molecule has 0 fully saturated rings. The van der Waals surface area contributed by atoms with Gasteiger partial charge in [-0.15, -0.1) is 0 Å². The first-order chi connectivity index (χ1) is 13.5. The van der Waals surface area contributed by atoms with E-state index in [0.717, 1.165) is 29.0 Å². The van der Waals surface area contributed by atoms with Gasteiger partial charge in [0.15, 0.2) is 0 Å². The lowest BCUT2D eigenvalue weighted by Crippen LogP contribution is -2.30. The van der Waals surface area contributed by atoms with Crippen LogP contribution in [0.25, 0.3) is 0 Å². The molecular formula is C22H27N3O3. The van der Waals surface area contributed by atoms with Crippen LogP contribution in [-0.4, -0.2) is 53.3 Å². The van der Waals surface area contributed by atoms with Crippen LogP contribution in [0.1, 0.15) is 30.2 Å². The highest BCUT2D eigenvalue weighted by molar-refractivity contribution is 5.76. The number of likely N-dealkylation sites (N-methyl/N-ethyl adjacent to an activating group) is 1. The van der Waals surface area contributed by atoms with E-state index < -0.39 is 0 Å². The van der Waals surface area contributed by atoms with Gasteiger partial charge in [0, 0.05) is 57.4 Å². The third-order valence-corrected chi connectivity index (χ3v) is 5.03. The molecule has 0 bridgehead atoms. The van der Waals surface area contributed by atoms with Crippen molar-refractivity contribution < 1.29 is 14.3 Å². The molecule has 6 nitrogen and oxygen atoms in total. The zero-order valence-corrected chi connectivity index (χ0v) is 16.6. The summed E-state index contributed by atoms with van der Waals surface area (Å²) in [7, 11) is 1.83. The van der Waals surface area contributed by atoms with Gasteiger partial charge in [0.25, 0.3) is 0 Å². The minimum atomic E-state index is 0.0477. The van der Waals surface area contributed by atoms with Gasteiger partial charge in [-0.2, -0.15) is 0 Å². The smallest absolute Gasteiger partial charge is 0.222 e. The monoisotopic (exact) mass is 381 g/mol. The van der Waals surface area contributed by atoms with E-state index in [-0.39, 0.29) is 11.8 Å². The lowest BCUT2D eigenvalue weighted by Gasteiger charge is -2.18. The van der Waals surface area contributed by atoms with Crippen molar-refractivity contribution in [3.63, 3.8) is 0 Å². The highest BCUT2D eigenvalue weighted by Gasteiger charge is 2.18. The van der Waals surface area contributed by atoms with Crippen molar-refractivity contribution in [1.29, 1.82) is 0 Å². The first-order valence-electron chi connectivity index (χ1n) is 9.67. The van der Waals surface area contributed by atoms with E-state index in [1.807, 2.05) is 37.4 Å². The lowest BCUT2D eigenvalue weighted by molar-refractivity contribution is -0.130. The predicted octanol–water partition coefficient (Wildman–Crippen LogP) is 2.46. The number of nitrogens with zero attached hydrogens (tertiary/aromatic N) is 3. The van der Waals surface area contributed by atoms with Gasteiger partial charge in [0.1, 0.15) is 12.4 Å². The van der Waals surface area contributed by atoms with Crippen LogP contribution in [0.2, 0.25) is 0 Å². The molecule has 28 heavy (non-hydrogen) atoms. The maximum Gasteiger partial charge on any atom is 0.222 e. The van der Waals surface area contributed by atoms with Crippen LogP contribution in [0.5, 0.6) is 5.75 Å². The van der Waals surface area contributed by atoms with E-state index in [2.05, 4.69) is 11.1 Å². The predicted molar refractivity (Wildman–Crippen MR) is 107 cm³/mol. The molecule has 1 aromatic carbocycles. The second kappa shape index (κ2) is 9.35. The van der Waals surface area contributed by atoms with E-state index >= 15 is 0 Å². The van der Waals surface area contributed by atoms with Crippen molar-refractivity contribution in [3.8, 4) is 5.75 Å². The first-order valence-corrected chi connectivity index (χ1v) is 9.67. The van der Waals surface area contributed by atoms with Crippen LogP contribution >= 0.6 is 0 Å². The Labute approximate surface area is 166 Å². The molecule has 2 heterocycles. The number of aryl methyl sites for hydroxylation is 1. The van der Waals surface area contributed by atoms with Crippen molar-refractivity contribution in [3.05, 3.63) is 59.4 Å². The topological polar surface area (TPSA) is 62.7 Å². The molecule has 3 rings (SSSR count). The number of benzene rings is 1. The first kappa shape index (κ1) is 19.9. The average Bonchev–Trinajstić information content (AvgIpc) is 2.93. The molecule has 0 atom stereocenters. The number of hydrogen-bond acceptors (Lipinski definition) is 4. The summed E-state index contributed by atoms with van der Waals surface area (Å²) in [6.07, 6.45) is 3.64. The Hall–Kier alpha value is -2.89. The Morgan fingerprint density at radius 1 is 1.21 bits per heavy atom. The molecule has 0 N–H and O–H groups in total. The minimum Gasteiger partial charge on any atom is -0.491 e. The highest BCUT2D eigenvalue weighted by atomic mass is 16.5. The summed E-state index contributed by atoms with van der Waals surface area (Å²) >= 11 is 0. The van der Waals surface area contributed by atoms with Crippen LogP contribution in [0.3, 0.4) is 0 Å². The Morgan fingerprint density at radius 2 is 2.07 bits per heavy atom. The summed E-state index contributed by atoms with van der Waals surface area (Å²) in [6.45, 7) is 3.89. The number of fused-ring (bicyclic) bond motifs is 1. The largest absolute Gasteiger partial charge is 0.491 e. The minimum absolute atomic E-state index is 0.0477. The Morgan fingerprint density at radius 3 is 2.82 bits per heavy atom. The SMILES string of the molecule is CC(=O)N1CCOc2ccc(CCC(=O)N(C)CCc3ccccn3)cc2C1. The normalized spacial score (nSPS) is 13.3. The van der Waals surface area contributed by atoms with E-state index in [1.54, 1.807) is 22.9 Å². The van der Waals surface area contributed by atoms with Gasteiger partial charge in [-0.05, 0) is 30.2 Å². The molecule has 1 aliphatic heterocycles. The average molecular weight is 381 g/mol. The summed E-state index contributed by atoms with van der Waals surface area (Å²) in [5.74, 6) is 0.991. The van der Waals surface area contributed by atoms with Crippen LogP contribution < -0.4 is 4.74 Å². The number of carbonyl (C=O) groups is 2. The van der Waals surface area contributed by atoms with E-state index in [9.17, 15) is 9.59 Å². The second-order valence-electron chi connectivity index (χ2n) is 7.12. The zero-order valence-electron chi connectivity index (χ0n) is 16.6. The van der Waals surface area contributed by atoms with E-state index in [0.29, 0.717) is 39.1 Å². The van der Waals surface area contributed by atoms with Gasteiger partial charge >= 0.3 is 0 Å². The number of hydrogen-bond donors (Lipinski definition) is 0. The molecule has 1 aromatic heterocycles. The van der Waals surface area contributed by atoms with Crippen LogP contribution in [0.15, 0.2) is 42.6 Å². The summed E-state index contributed by atoms with van der Waals surface area (Å²) in [5.41, 5.74) is 3.07. The maximum atomic E-state index is 12.5. The quantitative estimate of drug-likeness (QED) is 0.771. The van der Waals surface area contributed by atoms with Crippen molar-refractivity contribution in [2.75, 3.05) is 26.7 Å². The molecule has 0 aliphatic carbocycles. The van der Waals surface area contributed by atoms with Gasteiger partial charge < -0.3 is 14.5 Å². The van der Waals surface area contributed by atoms with E-state index in [4.69, 9.17) is 4.74 Å². The number of aromatic nitrogens is 1. The standard InChI is InChI=1S/C22H27N3O3/c1-17(26)25-13-14-28-21-8-6-18(15-19(21)16-25)7-9-22(27)24(2)12-10-20-5-3-4-11-23-20/h3-6,8,11,15H,7,9-10,12-14,16H2,1-2H3. The fraction of sp³-hybridized carbons (Fsp3) is 0.409. The maximum absolute atomic E-state index is 12.5. The van der Waals surface area contributed by atoms with Crippen LogP contribution in [0.4, 0.5) is 0 Å². The molecule has 0 saturated carbocycles. The van der Waals surface area contributed by atoms with Gasteiger partial charge in [-0.1, -0.05) is 18.2 Å².